The van der Waals surface area contributed by atoms with E-state index in [1.165, 1.54) is 6.07 Å². The van der Waals surface area contributed by atoms with Crippen molar-refractivity contribution in [2.24, 2.45) is 5.73 Å². The third kappa shape index (κ3) is 5.11. The van der Waals surface area contributed by atoms with Gasteiger partial charge < -0.3 is 10.5 Å². The molecule has 0 unspecified atom stereocenters. The number of hydrogen-bond acceptors (Lipinski definition) is 2. The molecule has 0 saturated carbocycles. The fourth-order valence-corrected chi connectivity index (χ4v) is 1.77. The Hall–Kier alpha value is -1.23. The number of rotatable bonds is 7. The first-order valence-corrected chi connectivity index (χ1v) is 6.52. The quantitative estimate of drug-likeness (QED) is 0.760. The zero-order valence-electron chi connectivity index (χ0n) is 11.1. The second-order valence-electron chi connectivity index (χ2n) is 4.43. The molecule has 108 valence electrons. The van der Waals surface area contributed by atoms with Crippen LogP contribution in [0.25, 0.3) is 0 Å². The lowest BCUT2D eigenvalue weighted by Gasteiger charge is -2.13. The van der Waals surface area contributed by atoms with E-state index in [1.54, 1.807) is 0 Å². The molecule has 0 aliphatic heterocycles. The SMILES string of the molecule is CCCCCCOc1ccc(C(F)(F)F)cc1CN. The highest BCUT2D eigenvalue weighted by atomic mass is 19.4. The van der Waals surface area contributed by atoms with Gasteiger partial charge in [-0.25, -0.2) is 0 Å². The lowest BCUT2D eigenvalue weighted by molar-refractivity contribution is -0.137. The van der Waals surface area contributed by atoms with Gasteiger partial charge in [-0.2, -0.15) is 13.2 Å². The fourth-order valence-electron chi connectivity index (χ4n) is 1.77. The van der Waals surface area contributed by atoms with Gasteiger partial charge in [0.05, 0.1) is 12.2 Å². The molecule has 1 rings (SSSR count). The number of benzene rings is 1. The van der Waals surface area contributed by atoms with E-state index in [0.717, 1.165) is 37.8 Å². The lowest BCUT2D eigenvalue weighted by Crippen LogP contribution is -2.09. The monoisotopic (exact) mass is 275 g/mol. The van der Waals surface area contributed by atoms with Crippen LogP contribution >= 0.6 is 0 Å². The van der Waals surface area contributed by atoms with Gasteiger partial charge >= 0.3 is 6.18 Å². The minimum Gasteiger partial charge on any atom is -0.493 e. The maximum atomic E-state index is 12.5. The molecule has 2 N–H and O–H groups in total. The van der Waals surface area contributed by atoms with Crippen molar-refractivity contribution in [3.63, 3.8) is 0 Å². The average molecular weight is 275 g/mol. The van der Waals surface area contributed by atoms with Gasteiger partial charge in [0.25, 0.3) is 0 Å². The Balaban J connectivity index is 2.63. The van der Waals surface area contributed by atoms with Crippen molar-refractivity contribution in [2.45, 2.75) is 45.3 Å². The van der Waals surface area contributed by atoms with E-state index in [9.17, 15) is 13.2 Å². The first-order chi connectivity index (χ1) is 8.99. The summed E-state index contributed by atoms with van der Waals surface area (Å²) in [6.45, 7) is 2.66. The first-order valence-electron chi connectivity index (χ1n) is 6.52. The molecule has 0 heterocycles. The van der Waals surface area contributed by atoms with E-state index >= 15 is 0 Å². The van der Waals surface area contributed by atoms with E-state index in [0.29, 0.717) is 17.9 Å². The summed E-state index contributed by atoms with van der Waals surface area (Å²) in [4.78, 5) is 0. The molecule has 0 aliphatic rings. The molecule has 0 radical (unpaired) electrons. The molecule has 0 fully saturated rings. The van der Waals surface area contributed by atoms with Gasteiger partial charge in [0, 0.05) is 12.1 Å². The minimum atomic E-state index is -4.34. The van der Waals surface area contributed by atoms with Crippen LogP contribution < -0.4 is 10.5 Å². The van der Waals surface area contributed by atoms with Crippen molar-refractivity contribution >= 4 is 0 Å². The van der Waals surface area contributed by atoms with Crippen LogP contribution in [0.4, 0.5) is 13.2 Å². The number of halogens is 3. The van der Waals surface area contributed by atoms with E-state index < -0.39 is 11.7 Å². The van der Waals surface area contributed by atoms with Gasteiger partial charge in [0.2, 0.25) is 0 Å². The third-order valence-corrected chi connectivity index (χ3v) is 2.86. The summed E-state index contributed by atoms with van der Waals surface area (Å²) >= 11 is 0. The summed E-state index contributed by atoms with van der Waals surface area (Å²) in [5.74, 6) is 0.451. The van der Waals surface area contributed by atoms with Crippen LogP contribution in [0.5, 0.6) is 5.75 Å². The Morgan fingerprint density at radius 3 is 2.47 bits per heavy atom. The molecule has 19 heavy (non-hydrogen) atoms. The Morgan fingerprint density at radius 1 is 1.16 bits per heavy atom. The smallest absolute Gasteiger partial charge is 0.416 e. The zero-order valence-corrected chi connectivity index (χ0v) is 11.1. The molecule has 0 aromatic heterocycles. The Kier molecular flexibility index (Phi) is 6.15. The van der Waals surface area contributed by atoms with Gasteiger partial charge in [0.15, 0.2) is 0 Å². The Bertz CT molecular complexity index is 391. The van der Waals surface area contributed by atoms with Gasteiger partial charge in [-0.1, -0.05) is 26.2 Å². The average Bonchev–Trinajstić information content (AvgIpc) is 2.37. The normalized spacial score (nSPS) is 11.6. The van der Waals surface area contributed by atoms with Crippen LogP contribution in [-0.2, 0) is 12.7 Å². The van der Waals surface area contributed by atoms with Crippen molar-refractivity contribution < 1.29 is 17.9 Å². The van der Waals surface area contributed by atoms with Crippen LogP contribution in [0, 0.1) is 0 Å². The van der Waals surface area contributed by atoms with Crippen molar-refractivity contribution in [1.29, 1.82) is 0 Å². The number of alkyl halides is 3. The predicted octanol–water partition coefficient (Wildman–Crippen LogP) is 4.12. The molecule has 1 aromatic carbocycles. The molecule has 0 spiro atoms. The van der Waals surface area contributed by atoms with Crippen LogP contribution in [-0.4, -0.2) is 6.61 Å². The maximum absolute atomic E-state index is 12.5. The fraction of sp³-hybridized carbons (Fsp3) is 0.571. The maximum Gasteiger partial charge on any atom is 0.416 e. The molecule has 5 heteroatoms. The first kappa shape index (κ1) is 15.8. The van der Waals surface area contributed by atoms with Crippen molar-refractivity contribution in [1.82, 2.24) is 0 Å². The van der Waals surface area contributed by atoms with Crippen molar-refractivity contribution in [3.05, 3.63) is 29.3 Å². The molecule has 0 aliphatic carbocycles. The predicted molar refractivity (Wildman–Crippen MR) is 69.0 cm³/mol. The minimum absolute atomic E-state index is 0.0359. The van der Waals surface area contributed by atoms with E-state index in [-0.39, 0.29) is 6.54 Å². The molecule has 0 bridgehead atoms. The number of hydrogen-bond donors (Lipinski definition) is 1. The van der Waals surface area contributed by atoms with Gasteiger partial charge in [0.1, 0.15) is 5.75 Å². The highest BCUT2D eigenvalue weighted by Gasteiger charge is 2.30. The number of ether oxygens (including phenoxy) is 1. The zero-order chi connectivity index (χ0) is 14.3. The number of nitrogens with two attached hydrogens (primary N) is 1. The van der Waals surface area contributed by atoms with Crippen LogP contribution in [0.15, 0.2) is 18.2 Å². The van der Waals surface area contributed by atoms with Gasteiger partial charge in [-0.05, 0) is 24.6 Å². The van der Waals surface area contributed by atoms with Crippen molar-refractivity contribution in [2.75, 3.05) is 6.61 Å². The summed E-state index contributed by atoms with van der Waals surface area (Å²) in [6, 6.07) is 3.44. The van der Waals surface area contributed by atoms with E-state index in [2.05, 4.69) is 6.92 Å². The lowest BCUT2D eigenvalue weighted by atomic mass is 10.1. The summed E-state index contributed by atoms with van der Waals surface area (Å²) in [7, 11) is 0. The Labute approximate surface area is 111 Å². The molecule has 1 aromatic rings. The summed E-state index contributed by atoms with van der Waals surface area (Å²) < 4.78 is 43.1. The summed E-state index contributed by atoms with van der Waals surface area (Å²) in [5.41, 5.74) is 5.17. The standard InChI is InChI=1S/C14H20F3NO/c1-2-3-4-5-8-19-13-7-6-12(14(15,16)17)9-11(13)10-18/h6-7,9H,2-5,8,10,18H2,1H3. The van der Waals surface area contributed by atoms with Crippen molar-refractivity contribution in [3.8, 4) is 5.75 Å². The van der Waals surface area contributed by atoms with E-state index in [4.69, 9.17) is 10.5 Å². The highest BCUT2D eigenvalue weighted by Crippen LogP contribution is 2.32. The second kappa shape index (κ2) is 7.38. The third-order valence-electron chi connectivity index (χ3n) is 2.86. The second-order valence-corrected chi connectivity index (χ2v) is 4.43. The van der Waals surface area contributed by atoms with E-state index in [1.807, 2.05) is 0 Å². The topological polar surface area (TPSA) is 35.2 Å². The molecule has 0 amide bonds. The molecular formula is C14H20F3NO. The van der Waals surface area contributed by atoms with Crippen LogP contribution in [0.1, 0.15) is 43.7 Å². The van der Waals surface area contributed by atoms with Crippen LogP contribution in [0.3, 0.4) is 0 Å². The summed E-state index contributed by atoms with van der Waals surface area (Å²) in [5, 5.41) is 0. The van der Waals surface area contributed by atoms with Gasteiger partial charge in [-0.3, -0.25) is 0 Å². The molecule has 0 atom stereocenters. The Morgan fingerprint density at radius 2 is 1.89 bits per heavy atom. The molecular weight excluding hydrogens is 255 g/mol. The highest BCUT2D eigenvalue weighted by molar-refractivity contribution is 5.38. The molecule has 0 saturated heterocycles. The number of unbranched alkanes of at least 4 members (excludes halogenated alkanes) is 3. The largest absolute Gasteiger partial charge is 0.493 e. The summed E-state index contributed by atoms with van der Waals surface area (Å²) in [6.07, 6.45) is -0.105. The van der Waals surface area contributed by atoms with Crippen LogP contribution in [0.2, 0.25) is 0 Å². The molecule has 2 nitrogen and oxygen atoms in total. The van der Waals surface area contributed by atoms with Gasteiger partial charge in [-0.15, -0.1) is 0 Å².